The highest BCUT2D eigenvalue weighted by Gasteiger charge is 2.52. The Morgan fingerprint density at radius 2 is 1.74 bits per heavy atom. The standard InChI is InChI=1S/C41H49NO8/c1-7-30(44-8-2)12-9-27(3)18-22-45-31-13-11-29-17-21-41(42-34(29)25-31)49-37(40(5,6)50-41)15-10-28(4)19-23-47-39-32-14-16-38(43)48-36(32)26-35-33(39)20-24-46-35/h11,13-14,16-21,24-26,30,37,42H,7-10,12,15,22-23H2,1-6H3/b27-18+,28-19+/t30?,37-,41-/m1/s1. The lowest BCUT2D eigenvalue weighted by atomic mass is 9.96. The molecule has 4 aromatic rings. The van der Waals surface area contributed by atoms with Gasteiger partial charge in [0.05, 0.1) is 34.8 Å². The summed E-state index contributed by atoms with van der Waals surface area (Å²) in [5.41, 5.74) is 4.51. The van der Waals surface area contributed by atoms with E-state index in [2.05, 4.69) is 52.1 Å². The molecule has 2 aromatic heterocycles. The fraction of sp³-hybridized carbons (Fsp3) is 0.439. The third-order valence-corrected chi connectivity index (χ3v) is 9.49. The van der Waals surface area contributed by atoms with Gasteiger partial charge in [-0.3, -0.25) is 0 Å². The van der Waals surface area contributed by atoms with Crippen LogP contribution in [0, 0.1) is 0 Å². The summed E-state index contributed by atoms with van der Waals surface area (Å²) in [6, 6.07) is 12.7. The molecule has 9 nitrogen and oxygen atoms in total. The van der Waals surface area contributed by atoms with Crippen LogP contribution in [0.5, 0.6) is 11.5 Å². The maximum absolute atomic E-state index is 11.8. The van der Waals surface area contributed by atoms with Gasteiger partial charge in [0.2, 0.25) is 0 Å². The Labute approximate surface area is 293 Å². The number of anilines is 1. The summed E-state index contributed by atoms with van der Waals surface area (Å²) in [7, 11) is 0. The van der Waals surface area contributed by atoms with E-state index in [0.29, 0.717) is 36.2 Å². The van der Waals surface area contributed by atoms with Crippen molar-refractivity contribution >= 4 is 33.7 Å². The summed E-state index contributed by atoms with van der Waals surface area (Å²) in [4.78, 5) is 11.8. The van der Waals surface area contributed by atoms with Gasteiger partial charge in [0.15, 0.2) is 0 Å². The SMILES string of the molecule is CCOC(CC)CC/C(C)=C/COc1ccc2c(c1)N[C@]1(C=C2)O[C@H](CC/C(C)=C/COc2c3ccoc3cc3oc(=O)ccc23)C(C)(C)O1. The topological polar surface area (TPSA) is 102 Å². The molecule has 0 saturated carbocycles. The molecule has 1 fully saturated rings. The van der Waals surface area contributed by atoms with Crippen molar-refractivity contribution in [3.8, 4) is 11.5 Å². The lowest BCUT2D eigenvalue weighted by Gasteiger charge is -2.31. The Morgan fingerprint density at radius 3 is 2.54 bits per heavy atom. The maximum Gasteiger partial charge on any atom is 0.336 e. The fourth-order valence-corrected chi connectivity index (χ4v) is 6.58. The summed E-state index contributed by atoms with van der Waals surface area (Å²) < 4.78 is 42.3. The molecule has 1 N–H and O–H groups in total. The molecule has 0 amide bonds. The summed E-state index contributed by atoms with van der Waals surface area (Å²) in [6.45, 7) is 14.2. The van der Waals surface area contributed by atoms with Crippen LogP contribution < -0.4 is 20.4 Å². The molecular formula is C41H49NO8. The molecule has 50 heavy (non-hydrogen) atoms. The molecule has 1 unspecified atom stereocenters. The predicted octanol–water partition coefficient (Wildman–Crippen LogP) is 9.55. The van der Waals surface area contributed by atoms with E-state index in [4.69, 9.17) is 32.5 Å². The van der Waals surface area contributed by atoms with E-state index < -0.39 is 17.1 Å². The highest BCUT2D eigenvalue weighted by Crippen LogP contribution is 2.44. The third-order valence-electron chi connectivity index (χ3n) is 9.49. The Morgan fingerprint density at radius 1 is 0.960 bits per heavy atom. The average molecular weight is 684 g/mol. The summed E-state index contributed by atoms with van der Waals surface area (Å²) >= 11 is 0. The molecule has 9 heteroatoms. The van der Waals surface area contributed by atoms with E-state index in [1.807, 2.05) is 43.3 Å². The zero-order chi connectivity index (χ0) is 35.3. The molecular weight excluding hydrogens is 634 g/mol. The smallest absolute Gasteiger partial charge is 0.336 e. The van der Waals surface area contributed by atoms with Crippen LogP contribution in [0.15, 0.2) is 91.7 Å². The molecule has 4 heterocycles. The largest absolute Gasteiger partial charge is 0.489 e. The van der Waals surface area contributed by atoms with Crippen LogP contribution in [0.25, 0.3) is 28.0 Å². The van der Waals surface area contributed by atoms with E-state index in [0.717, 1.165) is 66.5 Å². The van der Waals surface area contributed by atoms with E-state index in [1.165, 1.54) is 17.2 Å². The van der Waals surface area contributed by atoms with Crippen molar-refractivity contribution in [1.29, 1.82) is 0 Å². The van der Waals surface area contributed by atoms with Crippen LogP contribution in [-0.2, 0) is 14.2 Å². The van der Waals surface area contributed by atoms with Crippen LogP contribution in [0.1, 0.15) is 79.2 Å². The number of fused-ring (bicyclic) bond motifs is 3. The van der Waals surface area contributed by atoms with Crippen LogP contribution in [0.2, 0.25) is 0 Å². The van der Waals surface area contributed by atoms with Gasteiger partial charge in [-0.1, -0.05) is 18.1 Å². The third kappa shape index (κ3) is 8.18. The normalized spacial score (nSPS) is 20.7. The predicted molar refractivity (Wildman–Crippen MR) is 197 cm³/mol. The summed E-state index contributed by atoms with van der Waals surface area (Å²) in [5.74, 6) is 0.348. The first-order valence-electron chi connectivity index (χ1n) is 17.7. The van der Waals surface area contributed by atoms with Crippen molar-refractivity contribution in [2.24, 2.45) is 0 Å². The van der Waals surface area contributed by atoms with Crippen LogP contribution in [-0.4, -0.2) is 43.5 Å². The molecule has 0 aliphatic carbocycles. The van der Waals surface area contributed by atoms with Crippen molar-refractivity contribution in [1.82, 2.24) is 0 Å². The van der Waals surface area contributed by atoms with E-state index >= 15 is 0 Å². The summed E-state index contributed by atoms with van der Waals surface area (Å²) in [6.07, 6.45) is 14.6. The molecule has 0 radical (unpaired) electrons. The van der Waals surface area contributed by atoms with Crippen molar-refractivity contribution in [3.05, 3.63) is 94.1 Å². The minimum Gasteiger partial charge on any atom is -0.489 e. The minimum atomic E-state index is -1.06. The average Bonchev–Trinajstić information content (AvgIpc) is 3.65. The second kappa shape index (κ2) is 15.3. The second-order valence-electron chi connectivity index (χ2n) is 13.7. The van der Waals surface area contributed by atoms with E-state index in [9.17, 15) is 4.79 Å². The number of hydrogen-bond donors (Lipinski definition) is 1. The number of nitrogens with one attached hydrogen (secondary N) is 1. The second-order valence-corrected chi connectivity index (χ2v) is 13.7. The zero-order valence-electron chi connectivity index (χ0n) is 30.0. The number of furan rings is 1. The molecule has 266 valence electrons. The van der Waals surface area contributed by atoms with Crippen molar-refractivity contribution in [3.63, 3.8) is 0 Å². The van der Waals surface area contributed by atoms with Gasteiger partial charge in [-0.2, -0.15) is 0 Å². The van der Waals surface area contributed by atoms with Gasteiger partial charge >= 0.3 is 5.63 Å². The minimum absolute atomic E-state index is 0.153. The molecule has 2 aliphatic heterocycles. The van der Waals surface area contributed by atoms with Gasteiger partial charge in [0.25, 0.3) is 5.91 Å². The first-order chi connectivity index (χ1) is 24.1. The highest BCUT2D eigenvalue weighted by atomic mass is 16.8. The van der Waals surface area contributed by atoms with Crippen LogP contribution in [0.4, 0.5) is 5.69 Å². The molecule has 1 saturated heterocycles. The maximum atomic E-state index is 11.8. The van der Waals surface area contributed by atoms with Crippen molar-refractivity contribution in [2.45, 2.75) is 97.4 Å². The first-order valence-corrected chi connectivity index (χ1v) is 17.7. The Bertz CT molecular complexity index is 1950. The van der Waals surface area contributed by atoms with Gasteiger partial charge < -0.3 is 37.8 Å². The summed E-state index contributed by atoms with van der Waals surface area (Å²) in [5, 5.41) is 5.06. The number of hydrogen-bond acceptors (Lipinski definition) is 9. The first kappa shape index (κ1) is 35.5. The Kier molecular flexibility index (Phi) is 10.9. The van der Waals surface area contributed by atoms with E-state index in [1.54, 1.807) is 18.4 Å². The molecule has 2 aromatic carbocycles. The van der Waals surface area contributed by atoms with Gasteiger partial charge in [-0.05, 0) is 121 Å². The molecule has 1 spiro atoms. The highest BCUT2D eigenvalue weighted by molar-refractivity contribution is 6.01. The van der Waals surface area contributed by atoms with E-state index in [-0.39, 0.29) is 6.10 Å². The van der Waals surface area contributed by atoms with Crippen LogP contribution >= 0.6 is 0 Å². The molecule has 6 rings (SSSR count). The number of benzene rings is 2. The van der Waals surface area contributed by atoms with Crippen LogP contribution in [0.3, 0.4) is 0 Å². The Balaban J connectivity index is 1.03. The Hall–Kier alpha value is -4.31. The molecule has 0 bridgehead atoms. The zero-order valence-corrected chi connectivity index (χ0v) is 30.0. The molecule has 3 atom stereocenters. The van der Waals surface area contributed by atoms with Gasteiger partial charge in [0, 0.05) is 30.5 Å². The van der Waals surface area contributed by atoms with Crippen molar-refractivity contribution < 1.29 is 32.5 Å². The van der Waals surface area contributed by atoms with Crippen molar-refractivity contribution in [2.75, 3.05) is 25.1 Å². The number of rotatable bonds is 15. The van der Waals surface area contributed by atoms with Gasteiger partial charge in [-0.15, -0.1) is 0 Å². The van der Waals surface area contributed by atoms with Gasteiger partial charge in [-0.25, -0.2) is 4.79 Å². The monoisotopic (exact) mass is 683 g/mol. The lowest BCUT2D eigenvalue weighted by molar-refractivity contribution is -0.126. The molecule has 2 aliphatic rings. The number of allylic oxidation sites excluding steroid dienone is 2. The lowest BCUT2D eigenvalue weighted by Crippen LogP contribution is -2.40. The van der Waals surface area contributed by atoms with Gasteiger partial charge in [0.1, 0.15) is 35.9 Å². The number of ether oxygens (including phenoxy) is 5. The quantitative estimate of drug-likeness (QED) is 0.0970. The fourth-order valence-electron chi connectivity index (χ4n) is 6.58.